The lowest BCUT2D eigenvalue weighted by Gasteiger charge is -2.21. The van der Waals surface area contributed by atoms with Crippen LogP contribution in [0.2, 0.25) is 0 Å². The van der Waals surface area contributed by atoms with Crippen LogP contribution in [-0.4, -0.2) is 96.9 Å². The molecule has 19 nitrogen and oxygen atoms in total. The molecule has 0 radical (unpaired) electrons. The molecule has 0 bridgehead atoms. The number of rotatable bonds is 41. The molecular weight excluding hydrogens is 973 g/mol. The van der Waals surface area contributed by atoms with Crippen molar-refractivity contribution < 1.29 is 71.4 Å². The molecule has 0 aliphatic carbocycles. The van der Waals surface area contributed by atoms with Gasteiger partial charge in [-0.3, -0.25) is 23.2 Å². The van der Waals surface area contributed by atoms with Crippen LogP contribution < -0.4 is 11.4 Å². The second-order valence-corrected chi connectivity index (χ2v) is 21.4. The number of nitrogen functional groups attached to an aromatic ring is 1. The molecule has 1 aliphatic rings. The van der Waals surface area contributed by atoms with Gasteiger partial charge in [-0.2, -0.15) is 9.29 Å². The molecule has 7 N–H and O–H groups in total. The van der Waals surface area contributed by atoms with E-state index in [0.29, 0.717) is 32.1 Å². The van der Waals surface area contributed by atoms with E-state index in [1.165, 1.54) is 63.9 Å². The van der Waals surface area contributed by atoms with E-state index in [2.05, 4.69) is 35.3 Å². The fraction of sp³-hybridized carbons (Fsp3) is 0.686. The van der Waals surface area contributed by atoms with Crippen LogP contribution in [-0.2, 0) is 46.3 Å². The van der Waals surface area contributed by atoms with E-state index in [0.717, 1.165) is 55.2 Å². The van der Waals surface area contributed by atoms with Crippen LogP contribution in [0, 0.1) is 5.92 Å². The number of aromatic nitrogens is 2. The van der Waals surface area contributed by atoms with Gasteiger partial charge in [-0.05, 0) is 56.9 Å². The van der Waals surface area contributed by atoms with Crippen LogP contribution in [0.25, 0.3) is 0 Å². The maximum Gasteiger partial charge on any atom is 0.481 e. The van der Waals surface area contributed by atoms with Crippen molar-refractivity contribution in [3.8, 4) is 0 Å². The van der Waals surface area contributed by atoms with Gasteiger partial charge in [0.25, 0.3) is 0 Å². The zero-order valence-electron chi connectivity index (χ0n) is 42.7. The van der Waals surface area contributed by atoms with Gasteiger partial charge in [0.15, 0.2) is 12.3 Å². The molecule has 2 heterocycles. The number of esters is 2. The molecule has 1 aromatic heterocycles. The minimum absolute atomic E-state index is 0.0432. The number of hydrogen-bond donors (Lipinski definition) is 6. The Balaban J connectivity index is 1.83. The third-order valence-corrected chi connectivity index (χ3v) is 14.1. The van der Waals surface area contributed by atoms with Gasteiger partial charge < -0.3 is 45.1 Å². The number of nitrogens with two attached hydrogens (primary N) is 1. The monoisotopic (exact) mass is 1060 g/mol. The Bertz CT molecular complexity index is 1970. The summed E-state index contributed by atoms with van der Waals surface area (Å²) in [7, 11) is -10.9. The minimum atomic E-state index is -5.44. The summed E-state index contributed by atoms with van der Waals surface area (Å²) in [5.74, 6) is -0.607. The predicted octanol–water partition coefficient (Wildman–Crippen LogP) is 9.55. The van der Waals surface area contributed by atoms with Gasteiger partial charge in [0.05, 0.1) is 19.3 Å². The van der Waals surface area contributed by atoms with Crippen molar-refractivity contribution in [3.05, 3.63) is 83.5 Å². The lowest BCUT2D eigenvalue weighted by Crippen LogP contribution is -2.36. The maximum atomic E-state index is 12.9. The summed E-state index contributed by atoms with van der Waals surface area (Å²) in [6.07, 6.45) is 32.7. The SMILES string of the molecule is CC[C@@H](O)/C=C/C=C\C/C=C\C/C=C\C/C=C\CCCC(=O)O[C@H](COC(=O)CCCCCCCCCCCCCCCC(C)C)COP(=O)(O)OP(=O)(O)OC[C@H]1O[C@@H](n2ccc(N)nc2=O)[C@H](O)[C@@H]1O. The van der Waals surface area contributed by atoms with Crippen molar-refractivity contribution in [1.82, 2.24) is 9.55 Å². The zero-order chi connectivity index (χ0) is 53.0. The fourth-order valence-electron chi connectivity index (χ4n) is 7.31. The Morgan fingerprint density at radius 3 is 1.92 bits per heavy atom. The van der Waals surface area contributed by atoms with Crippen molar-refractivity contribution in [2.75, 3.05) is 25.6 Å². The van der Waals surface area contributed by atoms with E-state index in [4.69, 9.17) is 29.0 Å². The van der Waals surface area contributed by atoms with Gasteiger partial charge in [-0.1, -0.05) is 165 Å². The van der Waals surface area contributed by atoms with Crippen LogP contribution in [0.1, 0.15) is 168 Å². The summed E-state index contributed by atoms with van der Waals surface area (Å²) in [4.78, 5) is 61.9. The second-order valence-electron chi connectivity index (χ2n) is 18.3. The van der Waals surface area contributed by atoms with E-state index in [-0.39, 0.29) is 18.7 Å². The van der Waals surface area contributed by atoms with E-state index >= 15 is 0 Å². The van der Waals surface area contributed by atoms with E-state index in [9.17, 15) is 48.6 Å². The van der Waals surface area contributed by atoms with E-state index in [1.54, 1.807) is 6.08 Å². The molecule has 1 aliphatic heterocycles. The first kappa shape index (κ1) is 64.5. The van der Waals surface area contributed by atoms with Crippen LogP contribution in [0.4, 0.5) is 5.82 Å². The molecule has 2 rings (SSSR count). The van der Waals surface area contributed by atoms with E-state index in [1.807, 2.05) is 49.5 Å². The van der Waals surface area contributed by atoms with Crippen molar-refractivity contribution in [2.45, 2.75) is 199 Å². The first-order valence-electron chi connectivity index (χ1n) is 25.8. The standard InChI is InChI=1S/C51H85N3O16P2/c1-4-42(55)33-29-25-21-17-13-9-5-6-10-15-19-23-27-31-35-47(57)68-43(38-65-46(56)34-30-26-22-18-14-11-7-8-12-16-20-24-28-32-41(2)3)39-66-71(61,62)70-72(63,64)67-40-44-48(58)49(59)50(69-44)54-37-36-45(52)53-51(54)60/h6,9-10,13,19,21,23,25,29,33,36-37,41-44,48-50,55,58-59H,4-5,7-8,11-12,14-18,20,22,24,26-28,30-32,34-35,38-40H2,1-3H3,(H,61,62)(H,63,64)(H2,52,53,60)/b10-6-,13-9-,23-19-,25-21-,33-29+/t42-,43-,44-,48-,49-,50-/m1/s1. The number of hydrogen-bond acceptors (Lipinski definition) is 16. The molecule has 410 valence electrons. The molecule has 2 unspecified atom stereocenters. The molecule has 0 saturated carbocycles. The normalized spacial score (nSPS) is 20.1. The first-order chi connectivity index (χ1) is 34.4. The predicted molar refractivity (Wildman–Crippen MR) is 276 cm³/mol. The maximum absolute atomic E-state index is 12.9. The lowest BCUT2D eigenvalue weighted by molar-refractivity contribution is -0.161. The van der Waals surface area contributed by atoms with Crippen molar-refractivity contribution in [1.29, 1.82) is 0 Å². The number of unbranched alkanes of at least 4 members (excludes halogenated alkanes) is 13. The molecular formula is C51H85N3O16P2. The number of phosphoric acid groups is 2. The largest absolute Gasteiger partial charge is 0.481 e. The molecule has 72 heavy (non-hydrogen) atoms. The van der Waals surface area contributed by atoms with Crippen molar-refractivity contribution in [2.24, 2.45) is 5.92 Å². The fourth-order valence-corrected chi connectivity index (χ4v) is 9.42. The Labute approximate surface area is 426 Å². The average molecular weight is 1060 g/mol. The summed E-state index contributed by atoms with van der Waals surface area (Å²) < 4.78 is 56.7. The zero-order valence-corrected chi connectivity index (χ0v) is 44.5. The third-order valence-electron chi connectivity index (χ3n) is 11.5. The number of nitrogens with zero attached hydrogens (tertiary/aromatic N) is 2. The minimum Gasteiger partial charge on any atom is -0.462 e. The highest BCUT2D eigenvalue weighted by Crippen LogP contribution is 2.60. The van der Waals surface area contributed by atoms with Crippen LogP contribution in [0.3, 0.4) is 0 Å². The molecule has 21 heteroatoms. The summed E-state index contributed by atoms with van der Waals surface area (Å²) >= 11 is 0. The van der Waals surface area contributed by atoms with Gasteiger partial charge in [0.2, 0.25) is 0 Å². The Morgan fingerprint density at radius 2 is 1.32 bits per heavy atom. The summed E-state index contributed by atoms with van der Waals surface area (Å²) in [6.45, 7) is 4.08. The Kier molecular flexibility index (Phi) is 34.1. The van der Waals surface area contributed by atoms with Crippen LogP contribution >= 0.6 is 15.6 Å². The van der Waals surface area contributed by atoms with Crippen molar-refractivity contribution in [3.63, 3.8) is 0 Å². The quantitative estimate of drug-likeness (QED) is 0.0117. The molecule has 1 saturated heterocycles. The van der Waals surface area contributed by atoms with Gasteiger partial charge in [-0.25, -0.2) is 13.9 Å². The number of anilines is 1. The highest BCUT2D eigenvalue weighted by Gasteiger charge is 2.46. The molecule has 1 aromatic rings. The molecule has 1 fully saturated rings. The number of carbonyl (C=O) groups excluding carboxylic acids is 2. The number of allylic oxidation sites excluding steroid dienone is 9. The number of ether oxygens (including phenoxy) is 3. The highest BCUT2D eigenvalue weighted by molar-refractivity contribution is 7.61. The van der Waals surface area contributed by atoms with Gasteiger partial charge in [-0.15, -0.1) is 0 Å². The molecule has 8 atom stereocenters. The smallest absolute Gasteiger partial charge is 0.462 e. The van der Waals surface area contributed by atoms with Gasteiger partial charge >= 0.3 is 33.3 Å². The summed E-state index contributed by atoms with van der Waals surface area (Å²) in [5.41, 5.74) is 4.58. The Morgan fingerprint density at radius 1 is 0.764 bits per heavy atom. The number of phosphoric ester groups is 2. The lowest BCUT2D eigenvalue weighted by atomic mass is 10.0. The van der Waals surface area contributed by atoms with Crippen LogP contribution in [0.5, 0.6) is 0 Å². The van der Waals surface area contributed by atoms with E-state index < -0.39 is 89.8 Å². The van der Waals surface area contributed by atoms with Crippen LogP contribution in [0.15, 0.2) is 77.8 Å². The second kappa shape index (κ2) is 38.0. The number of aliphatic hydroxyl groups is 3. The van der Waals surface area contributed by atoms with Crippen molar-refractivity contribution >= 4 is 33.4 Å². The number of carbonyl (C=O) groups is 2. The van der Waals surface area contributed by atoms with Gasteiger partial charge in [0, 0.05) is 19.0 Å². The average Bonchev–Trinajstić information content (AvgIpc) is 3.60. The summed E-state index contributed by atoms with van der Waals surface area (Å²) in [5, 5.41) is 30.4. The third kappa shape index (κ3) is 31.2. The number of aliphatic hydroxyl groups excluding tert-OH is 3. The topological polar surface area (TPSA) is 286 Å². The highest BCUT2D eigenvalue weighted by atomic mass is 31.3. The molecule has 0 aromatic carbocycles. The molecule has 0 spiro atoms. The Hall–Kier alpha value is -3.58. The summed E-state index contributed by atoms with van der Waals surface area (Å²) in [6, 6.07) is 1.24. The molecule has 0 amide bonds. The first-order valence-corrected chi connectivity index (χ1v) is 28.8. The van der Waals surface area contributed by atoms with Gasteiger partial charge in [0.1, 0.15) is 30.7 Å².